The first kappa shape index (κ1) is 13.6. The van der Waals surface area contributed by atoms with Crippen LogP contribution in [0.4, 0.5) is 0 Å². The number of nitrogens with zero attached hydrogens (tertiary/aromatic N) is 1. The van der Waals surface area contributed by atoms with Crippen LogP contribution in [0.1, 0.15) is 5.56 Å². The van der Waals surface area contributed by atoms with Crippen LogP contribution in [-0.2, 0) is 5.75 Å². The highest BCUT2D eigenvalue weighted by atomic mass is 32.2. The van der Waals surface area contributed by atoms with Gasteiger partial charge in [-0.25, -0.2) is 0 Å². The normalized spacial score (nSPS) is 10.9. The third-order valence-corrected chi connectivity index (χ3v) is 3.30. The molecule has 0 aromatic heterocycles. The maximum Gasteiger partial charge on any atom is 0.0185 e. The van der Waals surface area contributed by atoms with Gasteiger partial charge in [0, 0.05) is 31.1 Å². The SMILES string of the molecule is CN(C)CCNCCSCc1ccccc1. The average Bonchev–Trinajstić information content (AvgIpc) is 2.29. The van der Waals surface area contributed by atoms with Crippen molar-refractivity contribution >= 4 is 11.8 Å². The summed E-state index contributed by atoms with van der Waals surface area (Å²) in [6, 6.07) is 10.6. The fraction of sp³-hybridized carbons (Fsp3) is 0.538. The average molecular weight is 238 g/mol. The predicted molar refractivity (Wildman–Crippen MR) is 74.0 cm³/mol. The van der Waals surface area contributed by atoms with Crippen LogP contribution in [0.15, 0.2) is 30.3 Å². The van der Waals surface area contributed by atoms with E-state index in [1.165, 1.54) is 11.3 Å². The lowest BCUT2D eigenvalue weighted by molar-refractivity contribution is 0.403. The minimum absolute atomic E-state index is 1.08. The Morgan fingerprint density at radius 1 is 1.12 bits per heavy atom. The summed E-state index contributed by atoms with van der Waals surface area (Å²) >= 11 is 1.99. The quantitative estimate of drug-likeness (QED) is 0.698. The van der Waals surface area contributed by atoms with E-state index in [2.05, 4.69) is 54.6 Å². The fourth-order valence-corrected chi connectivity index (χ4v) is 2.20. The van der Waals surface area contributed by atoms with Gasteiger partial charge in [0.2, 0.25) is 0 Å². The first-order chi connectivity index (χ1) is 7.79. The molecule has 0 heterocycles. The molecule has 3 heteroatoms. The van der Waals surface area contributed by atoms with Crippen molar-refractivity contribution in [2.24, 2.45) is 0 Å². The van der Waals surface area contributed by atoms with Gasteiger partial charge in [-0.1, -0.05) is 30.3 Å². The van der Waals surface area contributed by atoms with Crippen molar-refractivity contribution < 1.29 is 0 Å². The lowest BCUT2D eigenvalue weighted by Gasteiger charge is -2.10. The molecule has 1 N–H and O–H groups in total. The van der Waals surface area contributed by atoms with Crippen molar-refractivity contribution in [2.75, 3.05) is 39.5 Å². The maximum atomic E-state index is 3.44. The summed E-state index contributed by atoms with van der Waals surface area (Å²) < 4.78 is 0. The molecule has 0 radical (unpaired) electrons. The second-order valence-electron chi connectivity index (χ2n) is 4.09. The zero-order chi connectivity index (χ0) is 11.6. The van der Waals surface area contributed by atoms with E-state index in [1.54, 1.807) is 0 Å². The Morgan fingerprint density at radius 3 is 2.56 bits per heavy atom. The van der Waals surface area contributed by atoms with Gasteiger partial charge in [-0.3, -0.25) is 0 Å². The van der Waals surface area contributed by atoms with E-state index in [-0.39, 0.29) is 0 Å². The topological polar surface area (TPSA) is 15.3 Å². The maximum absolute atomic E-state index is 3.44. The van der Waals surface area contributed by atoms with E-state index < -0.39 is 0 Å². The molecule has 0 atom stereocenters. The van der Waals surface area contributed by atoms with E-state index in [1.807, 2.05) is 11.8 Å². The Bertz CT molecular complexity index is 262. The molecule has 0 aliphatic carbocycles. The molecule has 1 rings (SSSR count). The van der Waals surface area contributed by atoms with Gasteiger partial charge < -0.3 is 10.2 Å². The molecule has 0 aliphatic rings. The lowest BCUT2D eigenvalue weighted by atomic mass is 10.2. The zero-order valence-corrected chi connectivity index (χ0v) is 11.1. The molecule has 16 heavy (non-hydrogen) atoms. The number of benzene rings is 1. The Hall–Kier alpha value is -0.510. The molecule has 90 valence electrons. The number of likely N-dealkylation sites (N-methyl/N-ethyl adjacent to an activating group) is 1. The number of nitrogens with one attached hydrogen (secondary N) is 1. The molecular formula is C13H22N2S. The third kappa shape index (κ3) is 6.88. The standard InChI is InChI=1S/C13H22N2S/c1-15(2)10-8-14-9-11-16-12-13-6-4-3-5-7-13/h3-7,14H,8-12H2,1-2H3. The number of hydrogen-bond acceptors (Lipinski definition) is 3. The highest BCUT2D eigenvalue weighted by Gasteiger charge is 1.93. The summed E-state index contributed by atoms with van der Waals surface area (Å²) in [5.41, 5.74) is 1.42. The van der Waals surface area contributed by atoms with Crippen molar-refractivity contribution in [3.63, 3.8) is 0 Å². The van der Waals surface area contributed by atoms with Gasteiger partial charge in [0.15, 0.2) is 0 Å². The molecular weight excluding hydrogens is 216 g/mol. The van der Waals surface area contributed by atoms with Crippen molar-refractivity contribution in [1.29, 1.82) is 0 Å². The van der Waals surface area contributed by atoms with Crippen LogP contribution in [0, 0.1) is 0 Å². The van der Waals surface area contributed by atoms with Crippen molar-refractivity contribution in [3.8, 4) is 0 Å². The molecule has 0 amide bonds. The Balaban J connectivity index is 1.93. The Kier molecular flexibility index (Phi) is 7.30. The van der Waals surface area contributed by atoms with E-state index in [0.29, 0.717) is 0 Å². The van der Waals surface area contributed by atoms with Gasteiger partial charge >= 0.3 is 0 Å². The van der Waals surface area contributed by atoms with Crippen LogP contribution < -0.4 is 5.32 Å². The molecule has 2 nitrogen and oxygen atoms in total. The number of hydrogen-bond donors (Lipinski definition) is 1. The second-order valence-corrected chi connectivity index (χ2v) is 5.20. The summed E-state index contributed by atoms with van der Waals surface area (Å²) in [7, 11) is 4.21. The van der Waals surface area contributed by atoms with Gasteiger partial charge in [-0.05, 0) is 19.7 Å². The largest absolute Gasteiger partial charge is 0.315 e. The summed E-state index contributed by atoms with van der Waals surface area (Å²) in [5.74, 6) is 2.30. The van der Waals surface area contributed by atoms with E-state index >= 15 is 0 Å². The van der Waals surface area contributed by atoms with E-state index in [0.717, 1.165) is 25.4 Å². The zero-order valence-electron chi connectivity index (χ0n) is 10.3. The number of thioether (sulfide) groups is 1. The Morgan fingerprint density at radius 2 is 1.88 bits per heavy atom. The van der Waals surface area contributed by atoms with Crippen LogP contribution in [0.2, 0.25) is 0 Å². The van der Waals surface area contributed by atoms with Crippen LogP contribution in [0.5, 0.6) is 0 Å². The summed E-state index contributed by atoms with van der Waals surface area (Å²) in [5, 5.41) is 3.44. The van der Waals surface area contributed by atoms with Gasteiger partial charge in [-0.2, -0.15) is 11.8 Å². The molecule has 0 bridgehead atoms. The van der Waals surface area contributed by atoms with E-state index in [9.17, 15) is 0 Å². The van der Waals surface area contributed by atoms with Crippen molar-refractivity contribution in [3.05, 3.63) is 35.9 Å². The van der Waals surface area contributed by atoms with Crippen molar-refractivity contribution in [2.45, 2.75) is 5.75 Å². The van der Waals surface area contributed by atoms with E-state index in [4.69, 9.17) is 0 Å². The molecule has 1 aromatic rings. The van der Waals surface area contributed by atoms with Crippen LogP contribution in [-0.4, -0.2) is 44.4 Å². The minimum Gasteiger partial charge on any atom is -0.315 e. The first-order valence-electron chi connectivity index (χ1n) is 5.76. The smallest absolute Gasteiger partial charge is 0.0185 e. The molecule has 1 aromatic carbocycles. The highest BCUT2D eigenvalue weighted by Crippen LogP contribution is 2.10. The van der Waals surface area contributed by atoms with Gasteiger partial charge in [0.25, 0.3) is 0 Å². The third-order valence-electron chi connectivity index (χ3n) is 2.27. The van der Waals surface area contributed by atoms with Gasteiger partial charge in [-0.15, -0.1) is 0 Å². The monoisotopic (exact) mass is 238 g/mol. The first-order valence-corrected chi connectivity index (χ1v) is 6.91. The molecule has 0 fully saturated rings. The van der Waals surface area contributed by atoms with Gasteiger partial charge in [0.1, 0.15) is 0 Å². The number of rotatable bonds is 8. The second kappa shape index (κ2) is 8.62. The molecule has 0 spiro atoms. The summed E-state index contributed by atoms with van der Waals surface area (Å²) in [6.07, 6.45) is 0. The van der Waals surface area contributed by atoms with Crippen LogP contribution in [0.25, 0.3) is 0 Å². The minimum atomic E-state index is 1.08. The molecule has 0 saturated heterocycles. The van der Waals surface area contributed by atoms with Gasteiger partial charge in [0.05, 0.1) is 0 Å². The molecule has 0 saturated carbocycles. The van der Waals surface area contributed by atoms with Crippen LogP contribution in [0.3, 0.4) is 0 Å². The van der Waals surface area contributed by atoms with Crippen molar-refractivity contribution in [1.82, 2.24) is 10.2 Å². The predicted octanol–water partition coefficient (Wildman–Crippen LogP) is 2.07. The summed E-state index contributed by atoms with van der Waals surface area (Å²) in [4.78, 5) is 2.20. The van der Waals surface area contributed by atoms with Crippen LogP contribution >= 0.6 is 11.8 Å². The molecule has 0 unspecified atom stereocenters. The summed E-state index contributed by atoms with van der Waals surface area (Å²) in [6.45, 7) is 3.30. The lowest BCUT2D eigenvalue weighted by Crippen LogP contribution is -2.27. The fourth-order valence-electron chi connectivity index (χ4n) is 1.34. The Labute approximate surface area is 103 Å². The molecule has 0 aliphatic heterocycles. The highest BCUT2D eigenvalue weighted by molar-refractivity contribution is 7.98.